The molecule has 0 saturated heterocycles. The van der Waals surface area contributed by atoms with Crippen molar-refractivity contribution in [2.24, 2.45) is 0 Å². The predicted octanol–water partition coefficient (Wildman–Crippen LogP) is 4.13. The summed E-state index contributed by atoms with van der Waals surface area (Å²) in [4.78, 5) is 30.0. The SMILES string of the molecule is CCc1ccc(Nc2ncnc(Nc3ccc(C(=O)O)cc3)c2[N+](=O)[O-])cc1. The highest BCUT2D eigenvalue weighted by Gasteiger charge is 2.23. The average molecular weight is 379 g/mol. The van der Waals surface area contributed by atoms with Crippen molar-refractivity contribution >= 4 is 34.7 Å². The van der Waals surface area contributed by atoms with Gasteiger partial charge in [-0.2, -0.15) is 0 Å². The molecule has 0 amide bonds. The zero-order valence-electron chi connectivity index (χ0n) is 14.9. The van der Waals surface area contributed by atoms with Crippen LogP contribution in [0.15, 0.2) is 54.9 Å². The summed E-state index contributed by atoms with van der Waals surface area (Å²) in [5.74, 6) is -1.01. The minimum absolute atomic E-state index is 0.00393. The van der Waals surface area contributed by atoms with Crippen molar-refractivity contribution in [3.8, 4) is 0 Å². The minimum atomic E-state index is -1.06. The van der Waals surface area contributed by atoms with Crippen LogP contribution in [0.3, 0.4) is 0 Å². The maximum atomic E-state index is 11.6. The number of nitrogens with zero attached hydrogens (tertiary/aromatic N) is 3. The van der Waals surface area contributed by atoms with Crippen molar-refractivity contribution in [2.75, 3.05) is 10.6 Å². The number of carboxylic acid groups (broad SMARTS) is 1. The first-order valence-electron chi connectivity index (χ1n) is 8.43. The Morgan fingerprint density at radius 1 is 1.00 bits per heavy atom. The highest BCUT2D eigenvalue weighted by Crippen LogP contribution is 2.33. The summed E-state index contributed by atoms with van der Waals surface area (Å²) in [6, 6.07) is 13.3. The summed E-state index contributed by atoms with van der Waals surface area (Å²) in [6.07, 6.45) is 2.10. The van der Waals surface area contributed by atoms with Gasteiger partial charge in [0.05, 0.1) is 10.5 Å². The third-order valence-corrected chi connectivity index (χ3v) is 4.02. The molecule has 0 spiro atoms. The molecule has 0 radical (unpaired) electrons. The molecule has 3 aromatic rings. The van der Waals surface area contributed by atoms with Crippen molar-refractivity contribution in [3.63, 3.8) is 0 Å². The molecule has 0 aliphatic heterocycles. The van der Waals surface area contributed by atoms with Gasteiger partial charge < -0.3 is 15.7 Å². The van der Waals surface area contributed by atoms with Gasteiger partial charge in [0.1, 0.15) is 6.33 Å². The summed E-state index contributed by atoms with van der Waals surface area (Å²) in [7, 11) is 0. The largest absolute Gasteiger partial charge is 0.478 e. The molecular formula is C19H17N5O4. The molecule has 3 rings (SSSR count). The molecule has 0 aliphatic carbocycles. The number of carbonyl (C=O) groups is 1. The van der Waals surface area contributed by atoms with Crippen LogP contribution in [0.5, 0.6) is 0 Å². The van der Waals surface area contributed by atoms with E-state index in [1.54, 1.807) is 0 Å². The van der Waals surface area contributed by atoms with Gasteiger partial charge in [-0.05, 0) is 48.4 Å². The van der Waals surface area contributed by atoms with Gasteiger partial charge in [-0.1, -0.05) is 19.1 Å². The van der Waals surface area contributed by atoms with E-state index in [0.29, 0.717) is 11.4 Å². The Morgan fingerprint density at radius 3 is 1.93 bits per heavy atom. The smallest absolute Gasteiger partial charge is 0.353 e. The first-order valence-corrected chi connectivity index (χ1v) is 8.43. The lowest BCUT2D eigenvalue weighted by atomic mass is 10.1. The van der Waals surface area contributed by atoms with E-state index in [4.69, 9.17) is 5.11 Å². The van der Waals surface area contributed by atoms with Crippen LogP contribution in [0, 0.1) is 10.1 Å². The van der Waals surface area contributed by atoms with Crippen molar-refractivity contribution in [1.29, 1.82) is 0 Å². The van der Waals surface area contributed by atoms with E-state index >= 15 is 0 Å². The third-order valence-electron chi connectivity index (χ3n) is 4.02. The zero-order chi connectivity index (χ0) is 20.1. The topological polar surface area (TPSA) is 130 Å². The Labute approximate surface area is 160 Å². The summed E-state index contributed by atoms with van der Waals surface area (Å²) in [5.41, 5.74) is 2.07. The quantitative estimate of drug-likeness (QED) is 0.412. The lowest BCUT2D eigenvalue weighted by molar-refractivity contribution is -0.383. The van der Waals surface area contributed by atoms with E-state index in [1.807, 2.05) is 31.2 Å². The Hall–Kier alpha value is -4.01. The Bertz CT molecular complexity index is 1000. The number of rotatable bonds is 7. The van der Waals surface area contributed by atoms with E-state index in [-0.39, 0.29) is 22.9 Å². The van der Waals surface area contributed by atoms with Gasteiger partial charge in [0.25, 0.3) is 0 Å². The maximum absolute atomic E-state index is 11.6. The van der Waals surface area contributed by atoms with Crippen LogP contribution in [-0.2, 0) is 6.42 Å². The molecule has 142 valence electrons. The van der Waals surface area contributed by atoms with E-state index in [2.05, 4.69) is 20.6 Å². The Kier molecular flexibility index (Phi) is 5.45. The van der Waals surface area contributed by atoms with Crippen molar-refractivity contribution in [2.45, 2.75) is 13.3 Å². The van der Waals surface area contributed by atoms with Crippen LogP contribution < -0.4 is 10.6 Å². The molecule has 0 bridgehead atoms. The fourth-order valence-electron chi connectivity index (χ4n) is 2.53. The van der Waals surface area contributed by atoms with Gasteiger partial charge in [0.15, 0.2) is 0 Å². The molecule has 2 aromatic carbocycles. The average Bonchev–Trinajstić information content (AvgIpc) is 2.69. The molecule has 0 aliphatic rings. The van der Waals surface area contributed by atoms with Crippen LogP contribution >= 0.6 is 0 Å². The van der Waals surface area contributed by atoms with Crippen LogP contribution in [-0.4, -0.2) is 26.0 Å². The van der Waals surface area contributed by atoms with Gasteiger partial charge in [0.2, 0.25) is 11.6 Å². The first-order chi connectivity index (χ1) is 13.5. The minimum Gasteiger partial charge on any atom is -0.478 e. The highest BCUT2D eigenvalue weighted by molar-refractivity contribution is 5.88. The summed E-state index contributed by atoms with van der Waals surface area (Å²) in [6.45, 7) is 2.04. The van der Waals surface area contributed by atoms with Crippen LogP contribution in [0.2, 0.25) is 0 Å². The molecular weight excluding hydrogens is 362 g/mol. The van der Waals surface area contributed by atoms with Crippen LogP contribution in [0.4, 0.5) is 28.7 Å². The number of nitro groups is 1. The predicted molar refractivity (Wildman–Crippen MR) is 104 cm³/mol. The van der Waals surface area contributed by atoms with E-state index < -0.39 is 10.9 Å². The van der Waals surface area contributed by atoms with Gasteiger partial charge in [-0.25, -0.2) is 14.8 Å². The lowest BCUT2D eigenvalue weighted by Crippen LogP contribution is -2.05. The van der Waals surface area contributed by atoms with Gasteiger partial charge in [-0.15, -0.1) is 0 Å². The lowest BCUT2D eigenvalue weighted by Gasteiger charge is -2.10. The first kappa shape index (κ1) is 18.8. The standard InChI is InChI=1S/C19H17N5O4/c1-2-12-3-7-14(8-4-12)22-17-16(24(27)28)18(21-11-20-17)23-15-9-5-13(6-10-15)19(25)26/h3-11H,2H2,1H3,(H,25,26)(H2,20,21,22,23). The third kappa shape index (κ3) is 4.21. The number of hydrogen-bond acceptors (Lipinski definition) is 7. The van der Waals surface area contributed by atoms with Gasteiger partial charge in [0, 0.05) is 11.4 Å². The van der Waals surface area contributed by atoms with Crippen molar-refractivity contribution in [3.05, 3.63) is 76.1 Å². The molecule has 1 aromatic heterocycles. The number of anilines is 4. The highest BCUT2D eigenvalue weighted by atomic mass is 16.6. The number of aryl methyl sites for hydroxylation is 1. The molecule has 0 unspecified atom stereocenters. The number of aromatic carboxylic acids is 1. The number of benzene rings is 2. The summed E-state index contributed by atoms with van der Waals surface area (Å²) < 4.78 is 0. The molecule has 1 heterocycles. The molecule has 0 atom stereocenters. The monoisotopic (exact) mass is 379 g/mol. The second-order valence-corrected chi connectivity index (χ2v) is 5.86. The molecule has 3 N–H and O–H groups in total. The van der Waals surface area contributed by atoms with E-state index in [0.717, 1.165) is 12.0 Å². The van der Waals surface area contributed by atoms with Gasteiger partial charge >= 0.3 is 11.7 Å². The second-order valence-electron chi connectivity index (χ2n) is 5.86. The molecule has 0 fully saturated rings. The second kappa shape index (κ2) is 8.12. The fraction of sp³-hybridized carbons (Fsp3) is 0.105. The summed E-state index contributed by atoms with van der Waals surface area (Å²) >= 11 is 0. The Balaban J connectivity index is 1.90. The normalized spacial score (nSPS) is 10.3. The molecule has 28 heavy (non-hydrogen) atoms. The van der Waals surface area contributed by atoms with E-state index in [9.17, 15) is 14.9 Å². The van der Waals surface area contributed by atoms with Crippen LogP contribution in [0.1, 0.15) is 22.8 Å². The molecule has 0 saturated carbocycles. The van der Waals surface area contributed by atoms with Crippen LogP contribution in [0.25, 0.3) is 0 Å². The van der Waals surface area contributed by atoms with E-state index in [1.165, 1.54) is 30.6 Å². The van der Waals surface area contributed by atoms with Crippen molar-refractivity contribution < 1.29 is 14.8 Å². The van der Waals surface area contributed by atoms with Gasteiger partial charge in [-0.3, -0.25) is 10.1 Å². The number of aromatic nitrogens is 2. The van der Waals surface area contributed by atoms with Crippen molar-refractivity contribution in [1.82, 2.24) is 9.97 Å². The fourth-order valence-corrected chi connectivity index (χ4v) is 2.53. The maximum Gasteiger partial charge on any atom is 0.353 e. The summed E-state index contributed by atoms with van der Waals surface area (Å²) in [5, 5.41) is 26.4. The number of carboxylic acids is 1. The zero-order valence-corrected chi connectivity index (χ0v) is 14.9. The number of nitrogens with one attached hydrogen (secondary N) is 2. The molecule has 9 nitrogen and oxygen atoms in total. The Morgan fingerprint density at radius 2 is 1.50 bits per heavy atom. The number of hydrogen-bond donors (Lipinski definition) is 3. The molecule has 9 heteroatoms.